The Bertz CT molecular complexity index is 1570. The first-order chi connectivity index (χ1) is 21.9. The lowest BCUT2D eigenvalue weighted by atomic mass is 9.88. The molecule has 1 fully saturated rings. The van der Waals surface area contributed by atoms with Crippen LogP contribution in [-0.2, 0) is 17.8 Å². The molecule has 0 bridgehead atoms. The van der Waals surface area contributed by atoms with Crippen molar-refractivity contribution in [3.05, 3.63) is 71.2 Å². The van der Waals surface area contributed by atoms with Gasteiger partial charge in [0, 0.05) is 55.1 Å². The van der Waals surface area contributed by atoms with E-state index < -0.39 is 17.5 Å². The van der Waals surface area contributed by atoms with Crippen LogP contribution in [0.25, 0.3) is 0 Å². The van der Waals surface area contributed by atoms with E-state index in [1.165, 1.54) is 11.0 Å². The van der Waals surface area contributed by atoms with Crippen molar-refractivity contribution in [2.75, 3.05) is 36.4 Å². The quantitative estimate of drug-likeness (QED) is 0.278. The second-order valence-electron chi connectivity index (χ2n) is 12.9. The molecule has 1 aliphatic heterocycles. The molecule has 1 aromatic heterocycles. The fourth-order valence-electron chi connectivity index (χ4n) is 6.27. The number of rotatable bonds is 8. The monoisotopic (exact) mass is 633 g/mol. The van der Waals surface area contributed by atoms with Gasteiger partial charge >= 0.3 is 12.1 Å². The maximum absolute atomic E-state index is 15.3. The summed E-state index contributed by atoms with van der Waals surface area (Å²) in [6.07, 6.45) is 4.26. The van der Waals surface area contributed by atoms with Crippen LogP contribution in [0, 0.1) is 12.7 Å². The molecule has 0 saturated heterocycles. The third kappa shape index (κ3) is 6.98. The van der Waals surface area contributed by atoms with Crippen LogP contribution in [0.5, 0.6) is 11.5 Å². The van der Waals surface area contributed by atoms with Gasteiger partial charge in [-0.15, -0.1) is 0 Å². The highest BCUT2D eigenvalue weighted by Crippen LogP contribution is 2.40. The topological polar surface area (TPSA) is 96.5 Å². The molecule has 3 aromatic rings. The van der Waals surface area contributed by atoms with Gasteiger partial charge in [-0.3, -0.25) is 9.80 Å². The molecule has 0 spiro atoms. The van der Waals surface area contributed by atoms with Crippen molar-refractivity contribution < 1.29 is 28.2 Å². The highest BCUT2D eigenvalue weighted by Gasteiger charge is 2.41. The summed E-state index contributed by atoms with van der Waals surface area (Å²) in [5.74, 6) is 1.50. The molecule has 0 radical (unpaired) electrons. The van der Waals surface area contributed by atoms with E-state index in [2.05, 4.69) is 10.3 Å². The number of carbonyl (C=O) groups excluding carboxylic acids is 2. The first-order valence-corrected chi connectivity index (χ1v) is 15.7. The second-order valence-corrected chi connectivity index (χ2v) is 12.9. The number of aromatic nitrogens is 1. The van der Waals surface area contributed by atoms with Gasteiger partial charge < -0.3 is 24.4 Å². The van der Waals surface area contributed by atoms with E-state index >= 15 is 4.39 Å². The average molecular weight is 634 g/mol. The molecule has 1 saturated carbocycles. The number of anilines is 3. The minimum Gasteiger partial charge on any atom is -0.497 e. The van der Waals surface area contributed by atoms with Crippen LogP contribution in [0.2, 0.25) is 0 Å². The highest BCUT2D eigenvalue weighted by molar-refractivity contribution is 6.07. The normalized spacial score (nSPS) is 18.1. The standard InChI is InChI=1S/C35H44FN5O5/c1-22-10-8-13-28(36)32(22)40-21-24-20-38-31(37-19-23-14-15-27(44-6)17-30(23)45-7)18-29(24)41(33(40)42)26-12-9-11-25(16-26)39(5)34(43)46-35(2,3)4/h8,10,13-15,17-18,20,25-26H,9,11-12,16,19,21H2,1-7H3,(H,37,38). The van der Waals surface area contributed by atoms with Gasteiger partial charge in [-0.1, -0.05) is 12.1 Å². The Kier molecular flexibility index (Phi) is 9.60. The zero-order valence-electron chi connectivity index (χ0n) is 27.7. The molecule has 246 valence electrons. The van der Waals surface area contributed by atoms with Crippen LogP contribution in [0.3, 0.4) is 0 Å². The Morgan fingerprint density at radius 2 is 1.91 bits per heavy atom. The van der Waals surface area contributed by atoms with Crippen LogP contribution in [0.15, 0.2) is 48.7 Å². The summed E-state index contributed by atoms with van der Waals surface area (Å²) in [5, 5.41) is 3.37. The number of urea groups is 1. The van der Waals surface area contributed by atoms with Gasteiger partial charge in [0.15, 0.2) is 0 Å². The van der Waals surface area contributed by atoms with Gasteiger partial charge in [0.2, 0.25) is 0 Å². The number of nitrogens with one attached hydrogen (secondary N) is 1. The average Bonchev–Trinajstić information content (AvgIpc) is 3.02. The molecule has 2 unspecified atom stereocenters. The number of aryl methyl sites for hydroxylation is 1. The Morgan fingerprint density at radius 3 is 2.61 bits per heavy atom. The summed E-state index contributed by atoms with van der Waals surface area (Å²) in [7, 11) is 4.97. The zero-order chi connectivity index (χ0) is 33.2. The number of fused-ring (bicyclic) bond motifs is 1. The van der Waals surface area contributed by atoms with Crippen LogP contribution in [0.1, 0.15) is 63.1 Å². The molecule has 1 N–H and O–H groups in total. The van der Waals surface area contributed by atoms with Crippen molar-refractivity contribution in [1.82, 2.24) is 9.88 Å². The molecule has 46 heavy (non-hydrogen) atoms. The first kappa shape index (κ1) is 32.8. The Balaban J connectivity index is 1.47. The second kappa shape index (κ2) is 13.4. The van der Waals surface area contributed by atoms with E-state index in [1.54, 1.807) is 56.3 Å². The number of nitrogens with zero attached hydrogens (tertiary/aromatic N) is 4. The summed E-state index contributed by atoms with van der Waals surface area (Å²) >= 11 is 0. The lowest BCUT2D eigenvalue weighted by Crippen LogP contribution is -2.55. The molecule has 2 heterocycles. The number of methoxy groups -OCH3 is 2. The number of hydrogen-bond donors (Lipinski definition) is 1. The summed E-state index contributed by atoms with van der Waals surface area (Å²) < 4.78 is 31.8. The first-order valence-electron chi connectivity index (χ1n) is 15.7. The van der Waals surface area contributed by atoms with Crippen molar-refractivity contribution >= 4 is 29.3 Å². The van der Waals surface area contributed by atoms with Crippen molar-refractivity contribution in [3.63, 3.8) is 0 Å². The van der Waals surface area contributed by atoms with Crippen molar-refractivity contribution in [2.45, 2.75) is 84.2 Å². The molecule has 2 aliphatic rings. The summed E-state index contributed by atoms with van der Waals surface area (Å²) in [5.41, 5.74) is 2.75. The molecule has 2 atom stereocenters. The molecule has 2 aromatic carbocycles. The lowest BCUT2D eigenvalue weighted by Gasteiger charge is -2.45. The zero-order valence-corrected chi connectivity index (χ0v) is 27.7. The van der Waals surface area contributed by atoms with Crippen LogP contribution >= 0.6 is 0 Å². The minimum atomic E-state index is -0.620. The smallest absolute Gasteiger partial charge is 0.410 e. The molecule has 11 heteroatoms. The number of amides is 3. The fourth-order valence-corrected chi connectivity index (χ4v) is 6.27. The number of halogens is 1. The van der Waals surface area contributed by atoms with E-state index in [1.807, 2.05) is 45.0 Å². The van der Waals surface area contributed by atoms with Crippen molar-refractivity contribution in [2.24, 2.45) is 0 Å². The number of carbonyl (C=O) groups is 2. The number of pyridine rings is 1. The van der Waals surface area contributed by atoms with E-state index in [4.69, 9.17) is 14.2 Å². The van der Waals surface area contributed by atoms with E-state index in [-0.39, 0.29) is 30.3 Å². The summed E-state index contributed by atoms with van der Waals surface area (Å²) in [4.78, 5) is 37.0. The number of hydrogen-bond acceptors (Lipinski definition) is 7. The SMILES string of the molecule is COc1ccc(CNc2cc3c(cn2)CN(c2c(C)cccc2F)C(=O)N3C2CCCC(N(C)C(=O)OC(C)(C)C)C2)c(OC)c1. The maximum atomic E-state index is 15.3. The Hall–Kier alpha value is -4.54. The Morgan fingerprint density at radius 1 is 1.13 bits per heavy atom. The van der Waals surface area contributed by atoms with E-state index in [0.29, 0.717) is 35.8 Å². The molecular weight excluding hydrogens is 589 g/mol. The van der Waals surface area contributed by atoms with Crippen molar-refractivity contribution in [1.29, 1.82) is 0 Å². The third-order valence-electron chi connectivity index (χ3n) is 8.61. The molecule has 5 rings (SSSR count). The maximum Gasteiger partial charge on any atom is 0.410 e. The van der Waals surface area contributed by atoms with Gasteiger partial charge in [-0.25, -0.2) is 19.0 Å². The Labute approximate surface area is 270 Å². The van der Waals surface area contributed by atoms with E-state index in [0.717, 1.165) is 36.1 Å². The van der Waals surface area contributed by atoms with E-state index in [9.17, 15) is 9.59 Å². The predicted molar refractivity (Wildman–Crippen MR) is 176 cm³/mol. The predicted octanol–water partition coefficient (Wildman–Crippen LogP) is 7.28. The third-order valence-corrected chi connectivity index (χ3v) is 8.61. The van der Waals surface area contributed by atoms with Crippen LogP contribution < -0.4 is 24.6 Å². The highest BCUT2D eigenvalue weighted by atomic mass is 19.1. The number of para-hydroxylation sites is 1. The molecule has 3 amide bonds. The number of ether oxygens (including phenoxy) is 3. The largest absolute Gasteiger partial charge is 0.497 e. The fraction of sp³-hybridized carbons (Fsp3) is 0.457. The van der Waals surface area contributed by atoms with Gasteiger partial charge in [-0.2, -0.15) is 0 Å². The summed E-state index contributed by atoms with van der Waals surface area (Å²) in [6, 6.07) is 11.7. The van der Waals surface area contributed by atoms with Crippen LogP contribution in [-0.4, -0.2) is 61.0 Å². The van der Waals surface area contributed by atoms with Gasteiger partial charge in [0.1, 0.15) is 28.7 Å². The van der Waals surface area contributed by atoms with Gasteiger partial charge in [0.25, 0.3) is 0 Å². The van der Waals surface area contributed by atoms with Gasteiger partial charge in [0.05, 0.1) is 32.1 Å². The summed E-state index contributed by atoms with van der Waals surface area (Å²) in [6.45, 7) is 7.94. The molecular formula is C35H44FN5O5. The number of benzene rings is 2. The minimum absolute atomic E-state index is 0.127. The van der Waals surface area contributed by atoms with Gasteiger partial charge in [-0.05, 0) is 77.1 Å². The lowest BCUT2D eigenvalue weighted by molar-refractivity contribution is 0.0181. The van der Waals surface area contributed by atoms with Crippen molar-refractivity contribution in [3.8, 4) is 11.5 Å². The molecule has 10 nitrogen and oxygen atoms in total. The molecule has 1 aliphatic carbocycles. The van der Waals surface area contributed by atoms with Crippen LogP contribution in [0.4, 0.5) is 31.2 Å².